The first-order chi connectivity index (χ1) is 14.3. The summed E-state index contributed by atoms with van der Waals surface area (Å²) in [5, 5.41) is 15.5. The van der Waals surface area contributed by atoms with Crippen molar-refractivity contribution >= 4 is 11.9 Å². The molecule has 2 aromatic heterocycles. The van der Waals surface area contributed by atoms with Crippen molar-refractivity contribution in [2.45, 2.75) is 6.54 Å². The predicted molar refractivity (Wildman–Crippen MR) is 108 cm³/mol. The van der Waals surface area contributed by atoms with Gasteiger partial charge in [0.05, 0.1) is 12.7 Å². The number of para-hydroxylation sites is 1. The Labute approximate surface area is 167 Å². The number of carbonyl (C=O) groups excluding carboxylic acids is 1. The van der Waals surface area contributed by atoms with Crippen molar-refractivity contribution in [1.82, 2.24) is 25.0 Å². The van der Waals surface area contributed by atoms with E-state index < -0.39 is 0 Å². The lowest BCUT2D eigenvalue weighted by Crippen LogP contribution is -2.18. The molecular weight excluding hydrogens is 368 g/mol. The van der Waals surface area contributed by atoms with Gasteiger partial charge >= 0.3 is 0 Å². The van der Waals surface area contributed by atoms with Crippen LogP contribution in [-0.2, 0) is 6.54 Å². The number of hydrogen-bond acceptors (Lipinski definition) is 7. The number of anilines is 1. The molecular formula is C21H18N6O2. The zero-order valence-corrected chi connectivity index (χ0v) is 15.7. The highest BCUT2D eigenvalue weighted by molar-refractivity contribution is 5.99. The Morgan fingerprint density at radius 2 is 1.83 bits per heavy atom. The molecule has 0 aliphatic rings. The van der Waals surface area contributed by atoms with Crippen molar-refractivity contribution in [2.24, 2.45) is 0 Å². The van der Waals surface area contributed by atoms with E-state index in [2.05, 4.69) is 25.6 Å². The molecule has 0 atom stereocenters. The maximum absolute atomic E-state index is 13.2. The standard InChI is InChI=1S/C21H18N6O2/c1-29-18-12-6-5-10-16(18)20(28)27-21(22-14-15-8-3-2-4-9-15)24-19(26-27)17-11-7-13-23-25-17/h2-13H,14H2,1H3,(H,22,24,26). The highest BCUT2D eigenvalue weighted by Gasteiger charge is 2.21. The van der Waals surface area contributed by atoms with Gasteiger partial charge in [-0.2, -0.15) is 14.8 Å². The quantitative estimate of drug-likeness (QED) is 0.544. The molecule has 0 spiro atoms. The monoisotopic (exact) mass is 386 g/mol. The maximum Gasteiger partial charge on any atom is 0.285 e. The second-order valence-corrected chi connectivity index (χ2v) is 6.12. The molecule has 29 heavy (non-hydrogen) atoms. The summed E-state index contributed by atoms with van der Waals surface area (Å²) in [7, 11) is 1.52. The summed E-state index contributed by atoms with van der Waals surface area (Å²) < 4.78 is 6.55. The first-order valence-corrected chi connectivity index (χ1v) is 8.97. The van der Waals surface area contributed by atoms with Crippen LogP contribution in [0, 0.1) is 0 Å². The largest absolute Gasteiger partial charge is 0.496 e. The van der Waals surface area contributed by atoms with Crippen LogP contribution in [-0.4, -0.2) is 38.0 Å². The summed E-state index contributed by atoms with van der Waals surface area (Å²) >= 11 is 0. The molecule has 0 bridgehead atoms. The molecule has 2 aromatic carbocycles. The lowest BCUT2D eigenvalue weighted by molar-refractivity contribution is 0.0944. The topological polar surface area (TPSA) is 94.8 Å². The van der Waals surface area contributed by atoms with Gasteiger partial charge in [-0.3, -0.25) is 4.79 Å². The fourth-order valence-electron chi connectivity index (χ4n) is 2.81. The van der Waals surface area contributed by atoms with Crippen LogP contribution < -0.4 is 10.1 Å². The normalized spacial score (nSPS) is 10.5. The number of methoxy groups -OCH3 is 1. The van der Waals surface area contributed by atoms with Crippen molar-refractivity contribution in [3.05, 3.63) is 84.1 Å². The van der Waals surface area contributed by atoms with Gasteiger partial charge in [0.1, 0.15) is 11.4 Å². The molecule has 0 radical (unpaired) electrons. The number of aromatic nitrogens is 5. The molecule has 0 fully saturated rings. The van der Waals surface area contributed by atoms with Gasteiger partial charge in [0.15, 0.2) is 0 Å². The highest BCUT2D eigenvalue weighted by Crippen LogP contribution is 2.22. The highest BCUT2D eigenvalue weighted by atomic mass is 16.5. The first-order valence-electron chi connectivity index (χ1n) is 8.97. The van der Waals surface area contributed by atoms with E-state index in [9.17, 15) is 4.79 Å². The van der Waals surface area contributed by atoms with Gasteiger partial charge in [0, 0.05) is 12.7 Å². The Morgan fingerprint density at radius 3 is 2.59 bits per heavy atom. The third-order valence-corrected chi connectivity index (χ3v) is 4.23. The number of nitrogens with zero attached hydrogens (tertiary/aromatic N) is 5. The number of ether oxygens (including phenoxy) is 1. The molecule has 0 aliphatic carbocycles. The van der Waals surface area contributed by atoms with Crippen molar-refractivity contribution in [3.8, 4) is 17.3 Å². The molecule has 8 nitrogen and oxygen atoms in total. The van der Waals surface area contributed by atoms with Crippen molar-refractivity contribution in [2.75, 3.05) is 12.4 Å². The average molecular weight is 386 g/mol. The second-order valence-electron chi connectivity index (χ2n) is 6.12. The summed E-state index contributed by atoms with van der Waals surface area (Å²) in [5.74, 6) is 0.714. The number of nitrogens with one attached hydrogen (secondary N) is 1. The SMILES string of the molecule is COc1ccccc1C(=O)n1nc(-c2cccnn2)nc1NCc1ccccc1. The summed E-state index contributed by atoms with van der Waals surface area (Å²) in [6, 6.07) is 20.3. The zero-order chi connectivity index (χ0) is 20.1. The van der Waals surface area contributed by atoms with E-state index in [4.69, 9.17) is 4.74 Å². The minimum absolute atomic E-state index is 0.303. The molecule has 4 rings (SSSR count). The van der Waals surface area contributed by atoms with Gasteiger partial charge in [-0.1, -0.05) is 42.5 Å². The summed E-state index contributed by atoms with van der Waals surface area (Å²) in [5.41, 5.74) is 1.91. The summed E-state index contributed by atoms with van der Waals surface area (Å²) in [6.45, 7) is 0.485. The van der Waals surface area contributed by atoms with Crippen LogP contribution >= 0.6 is 0 Å². The van der Waals surface area contributed by atoms with E-state index in [0.29, 0.717) is 35.3 Å². The third-order valence-electron chi connectivity index (χ3n) is 4.23. The molecule has 144 valence electrons. The minimum atomic E-state index is -0.361. The van der Waals surface area contributed by atoms with Gasteiger partial charge in [0.2, 0.25) is 11.8 Å². The van der Waals surface area contributed by atoms with E-state index in [1.54, 1.807) is 42.6 Å². The first kappa shape index (κ1) is 18.3. The van der Waals surface area contributed by atoms with Crippen LogP contribution in [0.2, 0.25) is 0 Å². The van der Waals surface area contributed by atoms with Crippen molar-refractivity contribution < 1.29 is 9.53 Å². The Bertz CT molecular complexity index is 1110. The van der Waals surface area contributed by atoms with Crippen LogP contribution in [0.4, 0.5) is 5.95 Å². The molecule has 1 N–H and O–H groups in total. The van der Waals surface area contributed by atoms with Gasteiger partial charge in [-0.25, -0.2) is 0 Å². The van der Waals surface area contributed by atoms with Gasteiger partial charge < -0.3 is 10.1 Å². The third kappa shape index (κ3) is 3.96. The molecule has 8 heteroatoms. The van der Waals surface area contributed by atoms with Gasteiger partial charge in [-0.05, 0) is 29.8 Å². The van der Waals surface area contributed by atoms with E-state index in [-0.39, 0.29) is 5.91 Å². The Morgan fingerprint density at radius 1 is 1.03 bits per heavy atom. The predicted octanol–water partition coefficient (Wildman–Crippen LogP) is 3.04. The fourth-order valence-corrected chi connectivity index (χ4v) is 2.81. The fraction of sp³-hybridized carbons (Fsp3) is 0.0952. The lowest BCUT2D eigenvalue weighted by atomic mass is 10.2. The number of benzene rings is 2. The molecule has 0 saturated carbocycles. The number of rotatable bonds is 6. The van der Waals surface area contributed by atoms with Crippen LogP contribution in [0.1, 0.15) is 15.9 Å². The van der Waals surface area contributed by atoms with Crippen LogP contribution in [0.15, 0.2) is 72.9 Å². The van der Waals surface area contributed by atoms with Crippen molar-refractivity contribution in [1.29, 1.82) is 0 Å². The molecule has 2 heterocycles. The number of hydrogen-bond donors (Lipinski definition) is 1. The molecule has 4 aromatic rings. The smallest absolute Gasteiger partial charge is 0.285 e. The van der Waals surface area contributed by atoms with E-state index in [1.807, 2.05) is 30.3 Å². The Kier molecular flexibility index (Phi) is 5.24. The molecule has 0 saturated heterocycles. The molecule has 0 aliphatic heterocycles. The molecule has 0 unspecified atom stereocenters. The van der Waals surface area contributed by atoms with Gasteiger partial charge in [0.25, 0.3) is 5.91 Å². The minimum Gasteiger partial charge on any atom is -0.496 e. The second kappa shape index (κ2) is 8.30. The van der Waals surface area contributed by atoms with E-state index in [0.717, 1.165) is 5.56 Å². The van der Waals surface area contributed by atoms with E-state index >= 15 is 0 Å². The van der Waals surface area contributed by atoms with Crippen LogP contribution in [0.5, 0.6) is 5.75 Å². The Hall–Kier alpha value is -4.07. The Balaban J connectivity index is 1.72. The van der Waals surface area contributed by atoms with Crippen molar-refractivity contribution in [3.63, 3.8) is 0 Å². The zero-order valence-electron chi connectivity index (χ0n) is 15.7. The van der Waals surface area contributed by atoms with Crippen LogP contribution in [0.25, 0.3) is 11.5 Å². The van der Waals surface area contributed by atoms with E-state index in [1.165, 1.54) is 11.8 Å². The average Bonchev–Trinajstić information content (AvgIpc) is 3.23. The molecule has 0 amide bonds. The summed E-state index contributed by atoms with van der Waals surface area (Å²) in [4.78, 5) is 17.7. The lowest BCUT2D eigenvalue weighted by Gasteiger charge is -2.09. The van der Waals surface area contributed by atoms with Gasteiger partial charge in [-0.15, -0.1) is 10.2 Å². The number of carbonyl (C=O) groups is 1. The van der Waals surface area contributed by atoms with Crippen LogP contribution in [0.3, 0.4) is 0 Å². The maximum atomic E-state index is 13.2. The summed E-state index contributed by atoms with van der Waals surface area (Å²) in [6.07, 6.45) is 1.56.